The van der Waals surface area contributed by atoms with Crippen molar-refractivity contribution in [2.45, 2.75) is 5.16 Å². The molecule has 2 N–H and O–H groups in total. The van der Waals surface area contributed by atoms with Crippen LogP contribution in [0.4, 0.5) is 5.69 Å². The molecule has 0 radical (unpaired) electrons. The average molecular weight is 404 g/mol. The molecule has 4 rings (SSSR count). The molecule has 0 aliphatic heterocycles. The summed E-state index contributed by atoms with van der Waals surface area (Å²) in [7, 11) is 0. The Morgan fingerprint density at radius 3 is 2.81 bits per heavy atom. The number of carbonyl (C=O) groups excluding carboxylic acids is 1. The van der Waals surface area contributed by atoms with E-state index in [2.05, 4.69) is 25.5 Å². The number of rotatable bonds is 4. The molecule has 2 aromatic heterocycles. The molecule has 0 saturated carbocycles. The van der Waals surface area contributed by atoms with Gasteiger partial charge in [-0.1, -0.05) is 53.2 Å². The lowest BCUT2D eigenvalue weighted by Gasteiger charge is -2.05. The standard InChI is InChI=1S/C17H11Cl2N5OS/c18-11-6-5-9(7-12(11)19)20-14(25)8-26-17-22-16-15(23-24-17)10-3-1-2-4-13(10)21-16/h1-7H,8H2,(H,20,25)(H,21,22,24). The molecule has 2 aromatic carbocycles. The Hall–Kier alpha value is -2.35. The molecule has 9 heteroatoms. The molecule has 130 valence electrons. The van der Waals surface area contributed by atoms with Crippen molar-refractivity contribution in [3.63, 3.8) is 0 Å². The Balaban J connectivity index is 1.46. The minimum Gasteiger partial charge on any atom is -0.338 e. The summed E-state index contributed by atoms with van der Waals surface area (Å²) in [5, 5.41) is 13.3. The third-order valence-corrected chi connectivity index (χ3v) is 5.21. The van der Waals surface area contributed by atoms with Crippen LogP contribution in [0, 0.1) is 0 Å². The summed E-state index contributed by atoms with van der Waals surface area (Å²) in [6.45, 7) is 0. The Morgan fingerprint density at radius 2 is 1.96 bits per heavy atom. The second-order valence-electron chi connectivity index (χ2n) is 5.43. The third-order valence-electron chi connectivity index (χ3n) is 3.64. The molecule has 2 heterocycles. The fourth-order valence-corrected chi connectivity index (χ4v) is 3.35. The van der Waals surface area contributed by atoms with Gasteiger partial charge in [-0.2, -0.15) is 0 Å². The van der Waals surface area contributed by atoms with E-state index in [1.807, 2.05) is 24.3 Å². The van der Waals surface area contributed by atoms with Gasteiger partial charge in [-0.05, 0) is 24.3 Å². The molecule has 4 aromatic rings. The highest BCUT2D eigenvalue weighted by Gasteiger charge is 2.11. The van der Waals surface area contributed by atoms with E-state index in [1.54, 1.807) is 18.2 Å². The van der Waals surface area contributed by atoms with Crippen LogP contribution in [-0.2, 0) is 4.79 Å². The van der Waals surface area contributed by atoms with E-state index in [1.165, 1.54) is 11.8 Å². The molecule has 0 unspecified atom stereocenters. The zero-order chi connectivity index (χ0) is 18.1. The molecule has 0 bridgehead atoms. The molecule has 0 spiro atoms. The van der Waals surface area contributed by atoms with Crippen LogP contribution in [0.15, 0.2) is 47.6 Å². The second-order valence-corrected chi connectivity index (χ2v) is 7.18. The molecular weight excluding hydrogens is 393 g/mol. The lowest BCUT2D eigenvalue weighted by atomic mass is 10.2. The van der Waals surface area contributed by atoms with Crippen LogP contribution < -0.4 is 5.32 Å². The van der Waals surface area contributed by atoms with Gasteiger partial charge in [0.2, 0.25) is 11.1 Å². The molecule has 0 fully saturated rings. The maximum absolute atomic E-state index is 12.1. The summed E-state index contributed by atoms with van der Waals surface area (Å²) < 4.78 is 0. The number of carbonyl (C=O) groups is 1. The van der Waals surface area contributed by atoms with Crippen LogP contribution in [0.25, 0.3) is 22.1 Å². The fraction of sp³-hybridized carbons (Fsp3) is 0.0588. The number of aromatic amines is 1. The van der Waals surface area contributed by atoms with E-state index in [0.29, 0.717) is 32.1 Å². The van der Waals surface area contributed by atoms with Crippen molar-refractivity contribution < 1.29 is 4.79 Å². The quantitative estimate of drug-likeness (QED) is 0.488. The van der Waals surface area contributed by atoms with E-state index in [-0.39, 0.29) is 11.7 Å². The van der Waals surface area contributed by atoms with E-state index in [9.17, 15) is 4.79 Å². The first-order valence-corrected chi connectivity index (χ1v) is 9.33. The van der Waals surface area contributed by atoms with Crippen LogP contribution in [0.5, 0.6) is 0 Å². The number of halogens is 2. The van der Waals surface area contributed by atoms with E-state index < -0.39 is 0 Å². The highest BCUT2D eigenvalue weighted by Crippen LogP contribution is 2.26. The van der Waals surface area contributed by atoms with Crippen molar-refractivity contribution in [3.8, 4) is 0 Å². The first-order chi connectivity index (χ1) is 12.6. The summed E-state index contributed by atoms with van der Waals surface area (Å²) >= 11 is 13.0. The molecule has 26 heavy (non-hydrogen) atoms. The van der Waals surface area contributed by atoms with E-state index in [0.717, 1.165) is 10.9 Å². The number of thioether (sulfide) groups is 1. The summed E-state index contributed by atoms with van der Waals surface area (Å²) in [6, 6.07) is 12.7. The zero-order valence-electron chi connectivity index (χ0n) is 13.2. The van der Waals surface area contributed by atoms with Crippen LogP contribution in [0.1, 0.15) is 0 Å². The number of benzene rings is 2. The number of hydrogen-bond donors (Lipinski definition) is 2. The number of hydrogen-bond acceptors (Lipinski definition) is 5. The monoisotopic (exact) mass is 403 g/mol. The van der Waals surface area contributed by atoms with Gasteiger partial charge in [-0.15, -0.1) is 10.2 Å². The summed E-state index contributed by atoms with van der Waals surface area (Å²) in [4.78, 5) is 19.7. The Morgan fingerprint density at radius 1 is 1.12 bits per heavy atom. The Bertz CT molecular complexity index is 1130. The van der Waals surface area contributed by atoms with Gasteiger partial charge in [0.15, 0.2) is 5.65 Å². The largest absolute Gasteiger partial charge is 0.338 e. The van der Waals surface area contributed by atoms with Crippen molar-refractivity contribution in [3.05, 3.63) is 52.5 Å². The van der Waals surface area contributed by atoms with Gasteiger partial charge in [0.05, 0.1) is 15.8 Å². The van der Waals surface area contributed by atoms with Crippen molar-refractivity contribution in [2.24, 2.45) is 0 Å². The molecular formula is C17H11Cl2N5OS. The molecule has 1 amide bonds. The average Bonchev–Trinajstić information content (AvgIpc) is 3.01. The lowest BCUT2D eigenvalue weighted by Crippen LogP contribution is -2.14. The predicted octanol–water partition coefficient (Wildman–Crippen LogP) is 4.54. The summed E-state index contributed by atoms with van der Waals surface area (Å²) in [6.07, 6.45) is 0. The van der Waals surface area contributed by atoms with Crippen LogP contribution in [0.2, 0.25) is 10.0 Å². The smallest absolute Gasteiger partial charge is 0.234 e. The first-order valence-electron chi connectivity index (χ1n) is 7.59. The number of nitrogens with one attached hydrogen (secondary N) is 2. The number of fused-ring (bicyclic) bond motifs is 3. The zero-order valence-corrected chi connectivity index (χ0v) is 15.5. The first kappa shape index (κ1) is 17.1. The van der Waals surface area contributed by atoms with Gasteiger partial charge >= 0.3 is 0 Å². The SMILES string of the molecule is O=C(CSc1nnc2c(n1)[nH]c1ccccc12)Nc1ccc(Cl)c(Cl)c1. The van der Waals surface area contributed by atoms with Gasteiger partial charge in [0, 0.05) is 16.6 Å². The Labute approximate surface area is 162 Å². The number of nitrogens with zero attached hydrogens (tertiary/aromatic N) is 3. The van der Waals surface area contributed by atoms with Gasteiger partial charge in [0.25, 0.3) is 0 Å². The fourth-order valence-electron chi connectivity index (χ4n) is 2.47. The minimum absolute atomic E-state index is 0.146. The van der Waals surface area contributed by atoms with Crippen molar-refractivity contribution in [2.75, 3.05) is 11.1 Å². The van der Waals surface area contributed by atoms with Crippen LogP contribution in [-0.4, -0.2) is 31.8 Å². The second kappa shape index (κ2) is 7.11. The van der Waals surface area contributed by atoms with Gasteiger partial charge in [-0.25, -0.2) is 4.98 Å². The predicted molar refractivity (Wildman–Crippen MR) is 105 cm³/mol. The Kier molecular flexibility index (Phi) is 4.67. The maximum Gasteiger partial charge on any atom is 0.234 e. The minimum atomic E-state index is -0.200. The van der Waals surface area contributed by atoms with Crippen LogP contribution in [0.3, 0.4) is 0 Å². The topological polar surface area (TPSA) is 83.6 Å². The summed E-state index contributed by atoms with van der Waals surface area (Å²) in [5.74, 6) is -0.0538. The van der Waals surface area contributed by atoms with E-state index in [4.69, 9.17) is 23.2 Å². The van der Waals surface area contributed by atoms with Crippen molar-refractivity contribution in [1.29, 1.82) is 0 Å². The van der Waals surface area contributed by atoms with Gasteiger partial charge < -0.3 is 10.3 Å². The van der Waals surface area contributed by atoms with Gasteiger partial charge in [-0.3, -0.25) is 4.79 Å². The number of amides is 1. The third kappa shape index (κ3) is 3.46. The molecule has 0 saturated heterocycles. The van der Waals surface area contributed by atoms with Gasteiger partial charge in [0.1, 0.15) is 5.52 Å². The summed E-state index contributed by atoms with van der Waals surface area (Å²) in [5.41, 5.74) is 2.89. The molecule has 0 aliphatic rings. The lowest BCUT2D eigenvalue weighted by molar-refractivity contribution is -0.113. The number of aromatic nitrogens is 4. The highest BCUT2D eigenvalue weighted by molar-refractivity contribution is 7.99. The normalized spacial score (nSPS) is 11.2. The van der Waals surface area contributed by atoms with Crippen LogP contribution >= 0.6 is 35.0 Å². The van der Waals surface area contributed by atoms with E-state index >= 15 is 0 Å². The number of para-hydroxylation sites is 1. The van der Waals surface area contributed by atoms with Crippen molar-refractivity contribution in [1.82, 2.24) is 20.2 Å². The number of anilines is 1. The maximum atomic E-state index is 12.1. The molecule has 0 aliphatic carbocycles. The number of H-pyrrole nitrogens is 1. The van der Waals surface area contributed by atoms with Crippen molar-refractivity contribution >= 4 is 68.6 Å². The molecule has 6 nitrogen and oxygen atoms in total. The highest BCUT2D eigenvalue weighted by atomic mass is 35.5. The molecule has 0 atom stereocenters.